The van der Waals surface area contributed by atoms with Crippen molar-refractivity contribution in [1.82, 2.24) is 10.6 Å². The van der Waals surface area contributed by atoms with Crippen LogP contribution < -0.4 is 16.4 Å². The zero-order chi connectivity index (χ0) is 13.2. The Morgan fingerprint density at radius 1 is 1.28 bits per heavy atom. The molecular weight excluding hydrogens is 226 g/mol. The third-order valence-corrected chi connectivity index (χ3v) is 4.51. The fourth-order valence-corrected chi connectivity index (χ4v) is 3.21. The van der Waals surface area contributed by atoms with Crippen LogP contribution in [0.1, 0.15) is 52.4 Å². The Morgan fingerprint density at radius 3 is 2.56 bits per heavy atom. The topological polar surface area (TPSA) is 67.2 Å². The van der Waals surface area contributed by atoms with Gasteiger partial charge in [-0.2, -0.15) is 0 Å². The molecule has 2 aliphatic rings. The number of rotatable bonds is 2. The molecule has 1 heterocycles. The van der Waals surface area contributed by atoms with E-state index in [0.29, 0.717) is 12.1 Å². The van der Waals surface area contributed by atoms with Crippen molar-refractivity contribution >= 4 is 5.91 Å². The molecule has 0 spiro atoms. The summed E-state index contributed by atoms with van der Waals surface area (Å²) in [5.74, 6) is 0.181. The zero-order valence-corrected chi connectivity index (χ0v) is 11.7. The van der Waals surface area contributed by atoms with Gasteiger partial charge in [-0.1, -0.05) is 13.8 Å². The average molecular weight is 253 g/mol. The summed E-state index contributed by atoms with van der Waals surface area (Å²) in [6, 6.07) is 0.626. The first kappa shape index (κ1) is 13.8. The van der Waals surface area contributed by atoms with Crippen LogP contribution in [0.25, 0.3) is 0 Å². The third-order valence-electron chi connectivity index (χ3n) is 4.51. The molecule has 0 aromatic rings. The lowest BCUT2D eigenvalue weighted by atomic mass is 9.77. The van der Waals surface area contributed by atoms with E-state index in [9.17, 15) is 4.79 Å². The average Bonchev–Trinajstić information content (AvgIpc) is 2.31. The summed E-state index contributed by atoms with van der Waals surface area (Å²) in [4.78, 5) is 12.4. The van der Waals surface area contributed by atoms with Gasteiger partial charge in [-0.15, -0.1) is 0 Å². The SMILES string of the molecule is CC1(C)CCCNC1C(=O)NC1CCC(N)CC1. The molecule has 1 aliphatic heterocycles. The van der Waals surface area contributed by atoms with Crippen LogP contribution in [0.2, 0.25) is 0 Å². The number of nitrogens with two attached hydrogens (primary N) is 1. The van der Waals surface area contributed by atoms with Gasteiger partial charge in [0.05, 0.1) is 6.04 Å². The van der Waals surface area contributed by atoms with E-state index in [0.717, 1.165) is 45.1 Å². The van der Waals surface area contributed by atoms with Gasteiger partial charge in [-0.25, -0.2) is 0 Å². The molecule has 1 amide bonds. The van der Waals surface area contributed by atoms with Crippen molar-refractivity contribution in [2.75, 3.05) is 6.54 Å². The van der Waals surface area contributed by atoms with Crippen molar-refractivity contribution in [2.24, 2.45) is 11.1 Å². The summed E-state index contributed by atoms with van der Waals surface area (Å²) in [6.45, 7) is 5.32. The van der Waals surface area contributed by atoms with Gasteiger partial charge in [0.15, 0.2) is 0 Å². The van der Waals surface area contributed by atoms with E-state index in [-0.39, 0.29) is 17.4 Å². The van der Waals surface area contributed by atoms with Crippen LogP contribution in [0.5, 0.6) is 0 Å². The minimum Gasteiger partial charge on any atom is -0.352 e. The summed E-state index contributed by atoms with van der Waals surface area (Å²) in [7, 11) is 0. The smallest absolute Gasteiger partial charge is 0.237 e. The van der Waals surface area contributed by atoms with E-state index in [1.165, 1.54) is 0 Å². The highest BCUT2D eigenvalue weighted by atomic mass is 16.2. The second-order valence-corrected chi connectivity index (χ2v) is 6.60. The Morgan fingerprint density at radius 2 is 1.94 bits per heavy atom. The van der Waals surface area contributed by atoms with Gasteiger partial charge in [0, 0.05) is 12.1 Å². The molecular formula is C14H27N3O. The Hall–Kier alpha value is -0.610. The molecule has 4 heteroatoms. The van der Waals surface area contributed by atoms with E-state index >= 15 is 0 Å². The van der Waals surface area contributed by atoms with Gasteiger partial charge in [-0.3, -0.25) is 4.79 Å². The van der Waals surface area contributed by atoms with Crippen LogP contribution >= 0.6 is 0 Å². The quantitative estimate of drug-likeness (QED) is 0.691. The molecule has 1 saturated heterocycles. The first-order valence-electron chi connectivity index (χ1n) is 7.28. The summed E-state index contributed by atoms with van der Waals surface area (Å²) in [5.41, 5.74) is 5.95. The highest BCUT2D eigenvalue weighted by Gasteiger charge is 2.37. The third kappa shape index (κ3) is 3.23. The highest BCUT2D eigenvalue weighted by Crippen LogP contribution is 2.30. The van der Waals surface area contributed by atoms with Crippen molar-refractivity contribution in [3.63, 3.8) is 0 Å². The molecule has 0 aromatic heterocycles. The van der Waals surface area contributed by atoms with Gasteiger partial charge < -0.3 is 16.4 Å². The molecule has 0 radical (unpaired) electrons. The first-order chi connectivity index (χ1) is 8.49. The van der Waals surface area contributed by atoms with Gasteiger partial charge in [-0.05, 0) is 50.5 Å². The summed E-state index contributed by atoms with van der Waals surface area (Å²) < 4.78 is 0. The fraction of sp³-hybridized carbons (Fsp3) is 0.929. The van der Waals surface area contributed by atoms with Gasteiger partial charge in [0.25, 0.3) is 0 Å². The minimum absolute atomic E-state index is 0.0400. The van der Waals surface area contributed by atoms with Crippen molar-refractivity contribution in [2.45, 2.75) is 70.5 Å². The van der Waals surface area contributed by atoms with Crippen LogP contribution in [0.3, 0.4) is 0 Å². The molecule has 4 N–H and O–H groups in total. The standard InChI is InChI=1S/C14H27N3O/c1-14(2)8-3-9-16-12(14)13(18)17-11-6-4-10(15)5-7-11/h10-12,16H,3-9,15H2,1-2H3,(H,17,18). The summed E-state index contributed by atoms with van der Waals surface area (Å²) in [5, 5.41) is 6.58. The van der Waals surface area contributed by atoms with Crippen LogP contribution in [0.4, 0.5) is 0 Å². The Balaban J connectivity index is 1.87. The number of carbonyl (C=O) groups excluding carboxylic acids is 1. The summed E-state index contributed by atoms with van der Waals surface area (Å²) in [6.07, 6.45) is 6.40. The van der Waals surface area contributed by atoms with Crippen molar-refractivity contribution in [1.29, 1.82) is 0 Å². The maximum Gasteiger partial charge on any atom is 0.237 e. The number of hydrogen-bond donors (Lipinski definition) is 3. The Labute approximate surface area is 110 Å². The molecule has 104 valence electrons. The molecule has 18 heavy (non-hydrogen) atoms. The number of carbonyl (C=O) groups is 1. The molecule has 0 aromatic carbocycles. The first-order valence-corrected chi connectivity index (χ1v) is 7.28. The van der Waals surface area contributed by atoms with Crippen molar-refractivity contribution in [3.8, 4) is 0 Å². The van der Waals surface area contributed by atoms with Crippen LogP contribution in [-0.4, -0.2) is 30.6 Å². The second-order valence-electron chi connectivity index (χ2n) is 6.60. The second kappa shape index (κ2) is 5.57. The maximum atomic E-state index is 12.4. The lowest BCUT2D eigenvalue weighted by molar-refractivity contribution is -0.127. The van der Waals surface area contributed by atoms with Gasteiger partial charge >= 0.3 is 0 Å². The molecule has 1 unspecified atom stereocenters. The van der Waals surface area contributed by atoms with E-state index in [1.54, 1.807) is 0 Å². The molecule has 0 bridgehead atoms. The lowest BCUT2D eigenvalue weighted by Crippen LogP contribution is -2.57. The molecule has 1 atom stereocenters. The number of hydrogen-bond acceptors (Lipinski definition) is 3. The van der Waals surface area contributed by atoms with Crippen LogP contribution in [-0.2, 0) is 4.79 Å². The molecule has 4 nitrogen and oxygen atoms in total. The van der Waals surface area contributed by atoms with Crippen molar-refractivity contribution in [3.05, 3.63) is 0 Å². The zero-order valence-electron chi connectivity index (χ0n) is 11.7. The number of piperidine rings is 1. The van der Waals surface area contributed by atoms with E-state index < -0.39 is 0 Å². The minimum atomic E-state index is -0.0400. The van der Waals surface area contributed by atoms with Gasteiger partial charge in [0.2, 0.25) is 5.91 Å². The van der Waals surface area contributed by atoms with E-state index in [4.69, 9.17) is 5.73 Å². The van der Waals surface area contributed by atoms with Crippen LogP contribution in [0, 0.1) is 5.41 Å². The molecule has 2 rings (SSSR count). The number of amides is 1. The lowest BCUT2D eigenvalue weighted by Gasteiger charge is -2.39. The normalized spacial score (nSPS) is 36.1. The van der Waals surface area contributed by atoms with Crippen molar-refractivity contribution < 1.29 is 4.79 Å². The number of nitrogens with one attached hydrogen (secondary N) is 2. The fourth-order valence-electron chi connectivity index (χ4n) is 3.21. The maximum absolute atomic E-state index is 12.4. The van der Waals surface area contributed by atoms with E-state index in [2.05, 4.69) is 24.5 Å². The largest absolute Gasteiger partial charge is 0.352 e. The predicted octanol–water partition coefficient (Wildman–Crippen LogP) is 1.15. The molecule has 2 fully saturated rings. The summed E-state index contributed by atoms with van der Waals surface area (Å²) >= 11 is 0. The van der Waals surface area contributed by atoms with Crippen LogP contribution in [0.15, 0.2) is 0 Å². The Kier molecular flexibility index (Phi) is 4.28. The van der Waals surface area contributed by atoms with Gasteiger partial charge in [0.1, 0.15) is 0 Å². The predicted molar refractivity (Wildman–Crippen MR) is 73.2 cm³/mol. The monoisotopic (exact) mass is 253 g/mol. The Bertz CT molecular complexity index is 295. The van der Waals surface area contributed by atoms with E-state index in [1.807, 2.05) is 0 Å². The molecule has 1 aliphatic carbocycles. The molecule has 1 saturated carbocycles. The highest BCUT2D eigenvalue weighted by molar-refractivity contribution is 5.83.